The minimum absolute atomic E-state index is 0.408. The number of hydrogen-bond acceptors (Lipinski definition) is 2. The van der Waals surface area contributed by atoms with Crippen LogP contribution < -0.4 is 0 Å². The second-order valence-electron chi connectivity index (χ2n) is 3.57. The summed E-state index contributed by atoms with van der Waals surface area (Å²) in [5.74, 6) is 0.408. The highest BCUT2D eigenvalue weighted by molar-refractivity contribution is 5.83. The van der Waals surface area contributed by atoms with Gasteiger partial charge in [-0.1, -0.05) is 6.92 Å². The van der Waals surface area contributed by atoms with E-state index in [1.165, 1.54) is 0 Å². The largest absolute Gasteiger partial charge is 0.298 e. The zero-order valence-electron chi connectivity index (χ0n) is 7.63. The van der Waals surface area contributed by atoms with Gasteiger partial charge in [0.05, 0.1) is 6.54 Å². The van der Waals surface area contributed by atoms with Crippen LogP contribution in [0.5, 0.6) is 0 Å². The highest BCUT2D eigenvalue weighted by atomic mass is 16.1. The molecule has 0 spiro atoms. The van der Waals surface area contributed by atoms with Gasteiger partial charge in [-0.25, -0.2) is 0 Å². The van der Waals surface area contributed by atoms with E-state index in [-0.39, 0.29) is 0 Å². The first-order valence-electron chi connectivity index (χ1n) is 4.42. The summed E-state index contributed by atoms with van der Waals surface area (Å²) in [6.07, 6.45) is 1.87. The Morgan fingerprint density at radius 3 is 2.64 bits per heavy atom. The Bertz CT molecular complexity index is 154. The maximum absolute atomic E-state index is 11.1. The maximum Gasteiger partial charge on any atom is 0.148 e. The van der Waals surface area contributed by atoms with Crippen molar-refractivity contribution in [1.29, 1.82) is 0 Å². The first kappa shape index (κ1) is 8.72. The fraction of sp³-hybridized carbons (Fsp3) is 0.889. The number of carbonyl (C=O) groups is 1. The highest BCUT2D eigenvalue weighted by Crippen LogP contribution is 2.19. The average Bonchev–Trinajstić information content (AvgIpc) is 2.30. The molecule has 1 atom stereocenters. The van der Waals surface area contributed by atoms with Crippen molar-refractivity contribution < 1.29 is 4.79 Å². The lowest BCUT2D eigenvalue weighted by molar-refractivity contribution is -0.117. The van der Waals surface area contributed by atoms with Gasteiger partial charge in [-0.05, 0) is 20.3 Å². The lowest BCUT2D eigenvalue weighted by Crippen LogP contribution is -2.35. The molecule has 2 heteroatoms. The van der Waals surface area contributed by atoms with Gasteiger partial charge >= 0.3 is 0 Å². The van der Waals surface area contributed by atoms with Crippen molar-refractivity contribution in [3.05, 3.63) is 0 Å². The van der Waals surface area contributed by atoms with Gasteiger partial charge in [-0.2, -0.15) is 0 Å². The lowest BCUT2D eigenvalue weighted by Gasteiger charge is -2.26. The molecule has 0 radical (unpaired) electrons. The van der Waals surface area contributed by atoms with Crippen LogP contribution in [0.25, 0.3) is 0 Å². The molecular formula is C9H17NO. The number of likely N-dealkylation sites (tertiary alicyclic amines) is 1. The topological polar surface area (TPSA) is 20.3 Å². The van der Waals surface area contributed by atoms with E-state index >= 15 is 0 Å². The zero-order chi connectivity index (χ0) is 8.43. The Labute approximate surface area is 68.6 Å². The first-order chi connectivity index (χ1) is 5.15. The van der Waals surface area contributed by atoms with Crippen molar-refractivity contribution in [3.63, 3.8) is 0 Å². The molecule has 1 heterocycles. The third-order valence-corrected chi connectivity index (χ3v) is 2.43. The smallest absolute Gasteiger partial charge is 0.148 e. The van der Waals surface area contributed by atoms with Gasteiger partial charge in [0.1, 0.15) is 5.78 Å². The summed E-state index contributed by atoms with van der Waals surface area (Å²) >= 11 is 0. The van der Waals surface area contributed by atoms with Crippen molar-refractivity contribution in [2.75, 3.05) is 6.54 Å². The summed E-state index contributed by atoms with van der Waals surface area (Å²) < 4.78 is 0. The van der Waals surface area contributed by atoms with Crippen LogP contribution in [0.1, 0.15) is 33.6 Å². The maximum atomic E-state index is 11.1. The second-order valence-corrected chi connectivity index (χ2v) is 3.57. The average molecular weight is 155 g/mol. The monoisotopic (exact) mass is 155 g/mol. The summed E-state index contributed by atoms with van der Waals surface area (Å²) in [5, 5.41) is 0. The number of Topliss-reactive ketones (excluding diaryl/α,β-unsaturated/α-hetero) is 1. The van der Waals surface area contributed by atoms with Crippen molar-refractivity contribution in [3.8, 4) is 0 Å². The lowest BCUT2D eigenvalue weighted by atomic mass is 10.1. The molecule has 0 aliphatic carbocycles. The van der Waals surface area contributed by atoms with Crippen LogP contribution in [0, 0.1) is 0 Å². The minimum Gasteiger partial charge on any atom is -0.298 e. The third kappa shape index (κ3) is 1.80. The SMILES string of the molecule is CCC1CC(=O)CN1C(C)C. The molecule has 0 aromatic rings. The van der Waals surface area contributed by atoms with E-state index in [2.05, 4.69) is 25.7 Å². The Kier molecular flexibility index (Phi) is 2.66. The van der Waals surface area contributed by atoms with Gasteiger partial charge in [-0.15, -0.1) is 0 Å². The second kappa shape index (κ2) is 3.35. The number of nitrogens with zero attached hydrogens (tertiary/aromatic N) is 1. The van der Waals surface area contributed by atoms with E-state index < -0.39 is 0 Å². The number of hydrogen-bond donors (Lipinski definition) is 0. The molecule has 1 fully saturated rings. The van der Waals surface area contributed by atoms with Gasteiger partial charge in [0.2, 0.25) is 0 Å². The van der Waals surface area contributed by atoms with E-state index in [0.717, 1.165) is 12.8 Å². The van der Waals surface area contributed by atoms with Crippen LogP contribution in [0.3, 0.4) is 0 Å². The fourth-order valence-electron chi connectivity index (χ4n) is 1.76. The van der Waals surface area contributed by atoms with Gasteiger partial charge < -0.3 is 0 Å². The van der Waals surface area contributed by atoms with Crippen LogP contribution >= 0.6 is 0 Å². The van der Waals surface area contributed by atoms with Gasteiger partial charge in [0.15, 0.2) is 0 Å². The van der Waals surface area contributed by atoms with Crippen molar-refractivity contribution in [2.24, 2.45) is 0 Å². The van der Waals surface area contributed by atoms with E-state index in [1.807, 2.05) is 0 Å². The predicted molar refractivity (Wildman–Crippen MR) is 45.5 cm³/mol. The number of ketones is 1. The third-order valence-electron chi connectivity index (χ3n) is 2.43. The molecule has 0 bridgehead atoms. The van der Waals surface area contributed by atoms with Crippen molar-refractivity contribution in [2.45, 2.75) is 45.7 Å². The van der Waals surface area contributed by atoms with Crippen molar-refractivity contribution >= 4 is 5.78 Å². The van der Waals surface area contributed by atoms with Crippen LogP contribution in [0.2, 0.25) is 0 Å². The fourth-order valence-corrected chi connectivity index (χ4v) is 1.76. The van der Waals surface area contributed by atoms with Crippen molar-refractivity contribution in [1.82, 2.24) is 4.90 Å². The van der Waals surface area contributed by atoms with Crippen LogP contribution in [-0.4, -0.2) is 29.3 Å². The molecule has 2 nitrogen and oxygen atoms in total. The quantitative estimate of drug-likeness (QED) is 0.601. The first-order valence-corrected chi connectivity index (χ1v) is 4.42. The van der Waals surface area contributed by atoms with Crippen LogP contribution in [0.15, 0.2) is 0 Å². The molecule has 0 aromatic carbocycles. The van der Waals surface area contributed by atoms with Crippen LogP contribution in [-0.2, 0) is 4.79 Å². The Hall–Kier alpha value is -0.370. The number of rotatable bonds is 2. The van der Waals surface area contributed by atoms with E-state index in [0.29, 0.717) is 24.4 Å². The molecule has 64 valence electrons. The molecule has 1 aliphatic rings. The van der Waals surface area contributed by atoms with Gasteiger partial charge in [0, 0.05) is 18.5 Å². The predicted octanol–water partition coefficient (Wildman–Crippen LogP) is 1.45. The highest BCUT2D eigenvalue weighted by Gasteiger charge is 2.30. The summed E-state index contributed by atoms with van der Waals surface area (Å²) in [7, 11) is 0. The molecule has 1 saturated heterocycles. The standard InChI is InChI=1S/C9H17NO/c1-4-8-5-9(11)6-10(8)7(2)3/h7-8H,4-6H2,1-3H3. The van der Waals surface area contributed by atoms with Crippen LogP contribution in [0.4, 0.5) is 0 Å². The molecule has 11 heavy (non-hydrogen) atoms. The summed E-state index contributed by atoms with van der Waals surface area (Å²) in [4.78, 5) is 13.4. The molecule has 0 amide bonds. The minimum atomic E-state index is 0.408. The number of carbonyl (C=O) groups excluding carboxylic acids is 1. The Morgan fingerprint density at radius 1 is 1.64 bits per heavy atom. The van der Waals surface area contributed by atoms with E-state index in [9.17, 15) is 4.79 Å². The molecule has 1 unspecified atom stereocenters. The summed E-state index contributed by atoms with van der Waals surface area (Å²) in [6.45, 7) is 7.14. The molecule has 0 saturated carbocycles. The van der Waals surface area contributed by atoms with Gasteiger partial charge in [0.25, 0.3) is 0 Å². The molecule has 0 N–H and O–H groups in total. The molecule has 1 aliphatic heterocycles. The molecule has 0 aromatic heterocycles. The van der Waals surface area contributed by atoms with E-state index in [4.69, 9.17) is 0 Å². The summed E-state index contributed by atoms with van der Waals surface area (Å²) in [6, 6.07) is 1.04. The summed E-state index contributed by atoms with van der Waals surface area (Å²) in [5.41, 5.74) is 0. The Morgan fingerprint density at radius 2 is 2.27 bits per heavy atom. The zero-order valence-corrected chi connectivity index (χ0v) is 7.63. The molecular weight excluding hydrogens is 138 g/mol. The Balaban J connectivity index is 2.57. The van der Waals surface area contributed by atoms with Gasteiger partial charge in [-0.3, -0.25) is 9.69 Å². The normalized spacial score (nSPS) is 26.9. The molecule has 1 rings (SSSR count). The van der Waals surface area contributed by atoms with E-state index in [1.54, 1.807) is 0 Å².